The smallest absolute Gasteiger partial charge is 0.249 e. The average molecular weight is 493 g/mol. The van der Waals surface area contributed by atoms with Crippen molar-refractivity contribution in [1.82, 2.24) is 15.1 Å². The number of halogens is 1. The maximum absolute atomic E-state index is 12.9. The summed E-state index contributed by atoms with van der Waals surface area (Å²) in [5.41, 5.74) is 1.12. The van der Waals surface area contributed by atoms with Gasteiger partial charge in [-0.15, -0.1) is 10.2 Å². The predicted molar refractivity (Wildman–Crippen MR) is 124 cm³/mol. The van der Waals surface area contributed by atoms with E-state index in [1.165, 1.54) is 11.3 Å². The molecule has 1 fully saturated rings. The Morgan fingerprint density at radius 1 is 1.33 bits per heavy atom. The summed E-state index contributed by atoms with van der Waals surface area (Å²) in [5, 5.41) is 12.4. The van der Waals surface area contributed by atoms with E-state index in [1.54, 1.807) is 4.90 Å². The highest BCUT2D eigenvalue weighted by atomic mass is 79.9. The van der Waals surface area contributed by atoms with Gasteiger partial charge in [0.1, 0.15) is 11.0 Å². The van der Waals surface area contributed by atoms with E-state index in [0.29, 0.717) is 24.5 Å². The molecule has 2 atom stereocenters. The Bertz CT molecular complexity index is 909. The fourth-order valence-corrected chi connectivity index (χ4v) is 5.21. The third-order valence-electron chi connectivity index (χ3n) is 5.09. The van der Waals surface area contributed by atoms with Crippen LogP contribution in [0.3, 0.4) is 0 Å². The molecule has 2 amide bonds. The molecule has 1 saturated heterocycles. The van der Waals surface area contributed by atoms with Crippen LogP contribution in [0.5, 0.6) is 0 Å². The van der Waals surface area contributed by atoms with Gasteiger partial charge >= 0.3 is 0 Å². The van der Waals surface area contributed by atoms with Gasteiger partial charge in [0.05, 0.1) is 0 Å². The molecule has 0 bridgehead atoms. The molecule has 2 heterocycles. The Kier molecular flexibility index (Phi) is 7.29. The van der Waals surface area contributed by atoms with Crippen LogP contribution in [0.15, 0.2) is 28.7 Å². The molecule has 1 aromatic heterocycles. The van der Waals surface area contributed by atoms with Crippen LogP contribution in [0.1, 0.15) is 53.4 Å². The first kappa shape index (κ1) is 22.9. The predicted octanol–water partition coefficient (Wildman–Crippen LogP) is 5.36. The minimum Gasteiger partial charge on any atom is -0.331 e. The molecule has 0 spiro atoms. The van der Waals surface area contributed by atoms with Gasteiger partial charge in [-0.25, -0.2) is 0 Å². The Hall–Kier alpha value is -1.80. The van der Waals surface area contributed by atoms with Crippen LogP contribution in [0, 0.1) is 11.3 Å². The van der Waals surface area contributed by atoms with Crippen LogP contribution >= 0.6 is 27.3 Å². The Morgan fingerprint density at radius 3 is 2.80 bits per heavy atom. The molecule has 1 aromatic carbocycles. The zero-order valence-electron chi connectivity index (χ0n) is 17.9. The van der Waals surface area contributed by atoms with Gasteiger partial charge in [-0.05, 0) is 42.7 Å². The van der Waals surface area contributed by atoms with Crippen molar-refractivity contribution in [3.05, 3.63) is 28.7 Å². The highest BCUT2D eigenvalue weighted by Gasteiger charge is 2.35. The number of nitrogens with one attached hydrogen (secondary N) is 1. The van der Waals surface area contributed by atoms with Crippen molar-refractivity contribution in [3.8, 4) is 10.6 Å². The number of carbonyl (C=O) groups is 2. The number of anilines is 1. The van der Waals surface area contributed by atoms with E-state index < -0.39 is 6.04 Å². The number of likely N-dealkylation sites (tertiary alicyclic amines) is 1. The van der Waals surface area contributed by atoms with E-state index in [-0.39, 0.29) is 23.1 Å². The molecule has 0 radical (unpaired) electrons. The largest absolute Gasteiger partial charge is 0.331 e. The third-order valence-corrected chi connectivity index (χ3v) is 6.47. The second-order valence-electron chi connectivity index (χ2n) is 9.23. The molecule has 0 saturated carbocycles. The highest BCUT2D eigenvalue weighted by Crippen LogP contribution is 2.30. The van der Waals surface area contributed by atoms with Gasteiger partial charge in [-0.1, -0.05) is 67.1 Å². The maximum atomic E-state index is 12.9. The molecule has 30 heavy (non-hydrogen) atoms. The number of amides is 2. The molecular formula is C22H29BrN4O2S. The van der Waals surface area contributed by atoms with Gasteiger partial charge in [-0.2, -0.15) is 0 Å². The van der Waals surface area contributed by atoms with Crippen molar-refractivity contribution in [3.63, 3.8) is 0 Å². The first-order chi connectivity index (χ1) is 14.1. The van der Waals surface area contributed by atoms with Gasteiger partial charge in [0.25, 0.3) is 0 Å². The Balaban J connectivity index is 1.61. The van der Waals surface area contributed by atoms with Crippen molar-refractivity contribution < 1.29 is 9.59 Å². The second-order valence-corrected chi connectivity index (χ2v) is 11.1. The first-order valence-electron chi connectivity index (χ1n) is 10.3. The molecule has 1 aliphatic heterocycles. The van der Waals surface area contributed by atoms with E-state index >= 15 is 0 Å². The summed E-state index contributed by atoms with van der Waals surface area (Å²) in [6, 6.07) is 7.36. The monoisotopic (exact) mass is 492 g/mol. The topological polar surface area (TPSA) is 75.2 Å². The van der Waals surface area contributed by atoms with Crippen LogP contribution in [0.4, 0.5) is 5.13 Å². The number of nitrogens with zero attached hydrogens (tertiary/aromatic N) is 3. The summed E-state index contributed by atoms with van der Waals surface area (Å²) in [5.74, 6) is 0.176. The van der Waals surface area contributed by atoms with Gasteiger partial charge in [0, 0.05) is 23.0 Å². The Labute approximate surface area is 190 Å². The molecule has 0 aliphatic carbocycles. The summed E-state index contributed by atoms with van der Waals surface area (Å²) in [6.45, 7) is 9.30. The minimum absolute atomic E-state index is 0.0662. The third kappa shape index (κ3) is 6.11. The number of hydrogen-bond donors (Lipinski definition) is 1. The van der Waals surface area contributed by atoms with E-state index in [4.69, 9.17) is 0 Å². The fourth-order valence-electron chi connectivity index (χ4n) is 4.07. The maximum Gasteiger partial charge on any atom is 0.249 e. The van der Waals surface area contributed by atoms with Gasteiger partial charge in [0.2, 0.25) is 16.9 Å². The van der Waals surface area contributed by atoms with Crippen LogP contribution in [-0.4, -0.2) is 39.5 Å². The van der Waals surface area contributed by atoms with Crippen LogP contribution < -0.4 is 5.32 Å². The zero-order chi connectivity index (χ0) is 21.9. The van der Waals surface area contributed by atoms with Crippen LogP contribution in [0.2, 0.25) is 0 Å². The number of rotatable bonds is 6. The van der Waals surface area contributed by atoms with E-state index in [0.717, 1.165) is 27.9 Å². The van der Waals surface area contributed by atoms with Crippen molar-refractivity contribution >= 4 is 44.2 Å². The SMILES string of the molecule is CC(CC(=O)N1CCCC1C(=O)Nc1nnc(-c2cccc(Br)c2)s1)CC(C)(C)C. The lowest BCUT2D eigenvalue weighted by atomic mass is 9.84. The van der Waals surface area contributed by atoms with Crippen molar-refractivity contribution in [2.45, 2.75) is 59.4 Å². The van der Waals surface area contributed by atoms with Crippen LogP contribution in [-0.2, 0) is 9.59 Å². The van der Waals surface area contributed by atoms with Crippen LogP contribution in [0.25, 0.3) is 10.6 Å². The van der Waals surface area contributed by atoms with E-state index in [2.05, 4.69) is 59.1 Å². The van der Waals surface area contributed by atoms with E-state index in [9.17, 15) is 9.59 Å². The standard InChI is InChI=1S/C22H29BrN4O2S/c1-14(13-22(2,3)4)11-18(28)27-10-6-9-17(27)19(29)24-21-26-25-20(30-21)15-7-5-8-16(23)12-15/h5,7-8,12,14,17H,6,9-11,13H2,1-4H3,(H,24,26,29). The lowest BCUT2D eigenvalue weighted by molar-refractivity contribution is -0.137. The number of aromatic nitrogens is 2. The molecule has 6 nitrogen and oxygen atoms in total. The second kappa shape index (κ2) is 9.56. The van der Waals surface area contributed by atoms with Crippen molar-refractivity contribution in [2.24, 2.45) is 11.3 Å². The van der Waals surface area contributed by atoms with Gasteiger partial charge < -0.3 is 4.90 Å². The molecule has 3 rings (SSSR count). The summed E-state index contributed by atoms with van der Waals surface area (Å²) in [6.07, 6.45) is 2.99. The number of benzene rings is 1. The van der Waals surface area contributed by atoms with Crippen molar-refractivity contribution in [2.75, 3.05) is 11.9 Å². The number of hydrogen-bond acceptors (Lipinski definition) is 5. The summed E-state index contributed by atoms with van der Waals surface area (Å²) in [4.78, 5) is 27.5. The summed E-state index contributed by atoms with van der Waals surface area (Å²) in [7, 11) is 0. The van der Waals surface area contributed by atoms with Crippen molar-refractivity contribution in [1.29, 1.82) is 0 Å². The quantitative estimate of drug-likeness (QED) is 0.588. The normalized spacial score (nSPS) is 17.8. The molecule has 2 unspecified atom stereocenters. The molecule has 162 valence electrons. The minimum atomic E-state index is -0.433. The number of carbonyl (C=O) groups excluding carboxylic acids is 2. The summed E-state index contributed by atoms with van der Waals surface area (Å²) < 4.78 is 0.960. The van der Waals surface area contributed by atoms with Gasteiger partial charge in [-0.3, -0.25) is 14.9 Å². The molecule has 8 heteroatoms. The zero-order valence-corrected chi connectivity index (χ0v) is 20.3. The average Bonchev–Trinajstić information content (AvgIpc) is 3.29. The molecular weight excluding hydrogens is 464 g/mol. The molecule has 1 N–H and O–H groups in total. The lowest BCUT2D eigenvalue weighted by Gasteiger charge is -2.27. The van der Waals surface area contributed by atoms with E-state index in [1.807, 2.05) is 24.3 Å². The van der Waals surface area contributed by atoms with Gasteiger partial charge in [0.15, 0.2) is 0 Å². The Morgan fingerprint density at radius 2 is 2.10 bits per heavy atom. The molecule has 1 aliphatic rings. The molecule has 2 aromatic rings. The first-order valence-corrected chi connectivity index (χ1v) is 11.9. The fraction of sp³-hybridized carbons (Fsp3) is 0.545. The summed E-state index contributed by atoms with van der Waals surface area (Å²) >= 11 is 4.78. The highest BCUT2D eigenvalue weighted by molar-refractivity contribution is 9.10. The lowest BCUT2D eigenvalue weighted by Crippen LogP contribution is -2.43.